The van der Waals surface area contributed by atoms with Crippen molar-refractivity contribution in [1.82, 2.24) is 4.90 Å². The number of ether oxygens (including phenoxy) is 3. The first kappa shape index (κ1) is 22.8. The maximum absolute atomic E-state index is 12.8. The molecule has 0 amide bonds. The Balaban J connectivity index is 1.32. The fourth-order valence-corrected chi connectivity index (χ4v) is 6.91. The van der Waals surface area contributed by atoms with Crippen LogP contribution in [0.4, 0.5) is 0 Å². The monoisotopic (exact) mass is 453 g/mol. The normalized spacial score (nSPS) is 31.1. The van der Waals surface area contributed by atoms with Gasteiger partial charge in [-0.15, -0.1) is 0 Å². The van der Waals surface area contributed by atoms with Crippen molar-refractivity contribution in [1.29, 1.82) is 0 Å². The third-order valence-corrected chi connectivity index (χ3v) is 8.59. The number of likely N-dealkylation sites (N-methyl/N-ethyl adjacent to an activating group) is 1. The van der Waals surface area contributed by atoms with Crippen molar-refractivity contribution in [2.45, 2.75) is 94.8 Å². The molecule has 0 radical (unpaired) electrons. The van der Waals surface area contributed by atoms with Gasteiger partial charge in [0.2, 0.25) is 0 Å². The molecule has 2 bridgehead atoms. The largest absolute Gasteiger partial charge is 0.493 e. The summed E-state index contributed by atoms with van der Waals surface area (Å²) in [5.41, 5.74) is 2.55. The van der Waals surface area contributed by atoms with Gasteiger partial charge < -0.3 is 19.1 Å². The lowest BCUT2D eigenvalue weighted by Crippen LogP contribution is -2.65. The lowest BCUT2D eigenvalue weighted by Gasteiger charge is -2.56. The molecule has 1 aromatic carbocycles. The fraction of sp³-hybridized carbons (Fsp3) is 0.679. The highest BCUT2D eigenvalue weighted by Crippen LogP contribution is 2.62. The maximum atomic E-state index is 12.8. The van der Waals surface area contributed by atoms with Crippen molar-refractivity contribution < 1.29 is 19.0 Å². The van der Waals surface area contributed by atoms with E-state index < -0.39 is 0 Å². The highest BCUT2D eigenvalue weighted by molar-refractivity contribution is 5.70. The zero-order chi connectivity index (χ0) is 23.0. The first-order valence-electron chi connectivity index (χ1n) is 13.0. The van der Waals surface area contributed by atoms with Crippen LogP contribution < -0.4 is 9.47 Å². The number of benzene rings is 1. The van der Waals surface area contributed by atoms with E-state index in [2.05, 4.69) is 37.1 Å². The summed E-state index contributed by atoms with van der Waals surface area (Å²) in [6, 6.07) is 4.71. The molecule has 5 nitrogen and oxygen atoms in total. The average molecular weight is 454 g/mol. The lowest BCUT2D eigenvalue weighted by atomic mass is 9.53. The minimum Gasteiger partial charge on any atom is -0.493 e. The SMILES string of the molecule is CCCCCCCCCC(=O)O[C@H]1C=C[C@H]2[C@H]3Cc4ccc(OC)c5c4[C@@]2(CCN3C)[C@H]1O5. The zero-order valence-corrected chi connectivity index (χ0v) is 20.5. The Morgan fingerprint density at radius 1 is 1.15 bits per heavy atom. The van der Waals surface area contributed by atoms with E-state index in [4.69, 9.17) is 14.2 Å². The molecule has 5 heteroatoms. The number of likely N-dealkylation sites (tertiary alicyclic amines) is 1. The summed E-state index contributed by atoms with van der Waals surface area (Å²) in [5, 5.41) is 0. The van der Waals surface area contributed by atoms with Crippen LogP contribution in [0, 0.1) is 5.92 Å². The number of carbonyl (C=O) groups excluding carboxylic acids is 1. The van der Waals surface area contributed by atoms with Crippen molar-refractivity contribution in [3.8, 4) is 11.5 Å². The fourth-order valence-electron chi connectivity index (χ4n) is 6.91. The molecule has 0 saturated carbocycles. The number of nitrogens with zero attached hydrogens (tertiary/aromatic N) is 1. The Labute approximate surface area is 198 Å². The van der Waals surface area contributed by atoms with E-state index in [-0.39, 0.29) is 23.6 Å². The second-order valence-electron chi connectivity index (χ2n) is 10.4. The second kappa shape index (κ2) is 9.32. The van der Waals surface area contributed by atoms with Crippen LogP contribution in [0.15, 0.2) is 24.3 Å². The van der Waals surface area contributed by atoms with Crippen LogP contribution in [0.2, 0.25) is 0 Å². The third kappa shape index (κ3) is 3.77. The van der Waals surface area contributed by atoms with Gasteiger partial charge in [-0.2, -0.15) is 0 Å². The zero-order valence-electron chi connectivity index (χ0n) is 20.5. The minimum absolute atomic E-state index is 0.0971. The number of hydrogen-bond acceptors (Lipinski definition) is 5. The Kier molecular flexibility index (Phi) is 6.43. The molecule has 4 aliphatic rings. The Bertz CT molecular complexity index is 911. The average Bonchev–Trinajstić information content (AvgIpc) is 3.17. The van der Waals surface area contributed by atoms with Gasteiger partial charge in [0.1, 0.15) is 6.10 Å². The first-order chi connectivity index (χ1) is 16.1. The van der Waals surface area contributed by atoms with Gasteiger partial charge in [-0.25, -0.2) is 0 Å². The second-order valence-corrected chi connectivity index (χ2v) is 10.4. The van der Waals surface area contributed by atoms with Crippen LogP contribution in [0.25, 0.3) is 0 Å². The number of rotatable bonds is 10. The highest BCUT2D eigenvalue weighted by atomic mass is 16.6. The first-order valence-corrected chi connectivity index (χ1v) is 13.0. The molecule has 5 atom stereocenters. The molecule has 2 heterocycles. The highest BCUT2D eigenvalue weighted by Gasteiger charge is 2.65. The number of piperidine rings is 1. The van der Waals surface area contributed by atoms with Crippen molar-refractivity contribution in [2.24, 2.45) is 5.92 Å². The molecule has 33 heavy (non-hydrogen) atoms. The molecule has 0 unspecified atom stereocenters. The Morgan fingerprint density at radius 2 is 1.94 bits per heavy atom. The van der Waals surface area contributed by atoms with Crippen LogP contribution in [0.1, 0.15) is 75.8 Å². The molecule has 2 aliphatic carbocycles. The minimum atomic E-state index is -0.342. The summed E-state index contributed by atoms with van der Waals surface area (Å²) in [5.74, 6) is 1.95. The van der Waals surface area contributed by atoms with Gasteiger partial charge in [-0.05, 0) is 50.6 Å². The summed E-state index contributed by atoms with van der Waals surface area (Å²) in [4.78, 5) is 15.3. The molecule has 0 N–H and O–H groups in total. The van der Waals surface area contributed by atoms with Crippen LogP contribution in [-0.4, -0.2) is 49.8 Å². The van der Waals surface area contributed by atoms with E-state index in [0.717, 1.165) is 43.7 Å². The summed E-state index contributed by atoms with van der Waals surface area (Å²) < 4.78 is 18.4. The quantitative estimate of drug-likeness (QED) is 0.277. The van der Waals surface area contributed by atoms with Gasteiger partial charge in [0.25, 0.3) is 0 Å². The van der Waals surface area contributed by atoms with Crippen LogP contribution in [-0.2, 0) is 21.4 Å². The predicted octanol–water partition coefficient (Wildman–Crippen LogP) is 5.19. The number of unbranched alkanes of at least 4 members (excludes halogenated alkanes) is 6. The molecule has 1 saturated heterocycles. The van der Waals surface area contributed by atoms with Gasteiger partial charge in [-0.3, -0.25) is 4.79 Å². The summed E-state index contributed by atoms with van der Waals surface area (Å²) >= 11 is 0. The van der Waals surface area contributed by atoms with Crippen molar-refractivity contribution in [3.63, 3.8) is 0 Å². The van der Waals surface area contributed by atoms with Gasteiger partial charge in [0.05, 0.1) is 7.11 Å². The van der Waals surface area contributed by atoms with Crippen molar-refractivity contribution in [2.75, 3.05) is 20.7 Å². The smallest absolute Gasteiger partial charge is 0.306 e. The van der Waals surface area contributed by atoms with Crippen molar-refractivity contribution in [3.05, 3.63) is 35.4 Å². The van der Waals surface area contributed by atoms with E-state index in [1.165, 1.54) is 43.2 Å². The molecule has 1 fully saturated rings. The molecular weight excluding hydrogens is 414 g/mol. The molecule has 1 aromatic rings. The van der Waals surface area contributed by atoms with E-state index in [0.29, 0.717) is 18.4 Å². The molecule has 5 rings (SSSR count). The van der Waals surface area contributed by atoms with E-state index in [9.17, 15) is 4.79 Å². The lowest BCUT2D eigenvalue weighted by molar-refractivity contribution is -0.155. The van der Waals surface area contributed by atoms with Crippen molar-refractivity contribution >= 4 is 5.97 Å². The van der Waals surface area contributed by atoms with Gasteiger partial charge in [0.15, 0.2) is 17.6 Å². The van der Waals surface area contributed by atoms with Crippen LogP contribution in [0.5, 0.6) is 11.5 Å². The summed E-state index contributed by atoms with van der Waals surface area (Å²) in [6.07, 6.45) is 14.8. The third-order valence-electron chi connectivity index (χ3n) is 8.59. The van der Waals surface area contributed by atoms with E-state index >= 15 is 0 Å². The summed E-state index contributed by atoms with van der Waals surface area (Å²) in [7, 11) is 3.94. The number of esters is 1. The topological polar surface area (TPSA) is 48.0 Å². The van der Waals surface area contributed by atoms with E-state index in [1.54, 1.807) is 7.11 Å². The Morgan fingerprint density at radius 3 is 2.73 bits per heavy atom. The standard InChI is InChI=1S/C28H39NO4/c1-4-5-6-7-8-9-10-11-24(30)32-23-15-13-20-21-18-19-12-14-22(31-3)26-25(19)28(20,27(23)33-26)16-17-29(21)2/h12-15,20-21,23,27H,4-11,16-18H2,1-3H3/t20-,21+,23-,27-,28-/m0/s1. The predicted molar refractivity (Wildman–Crippen MR) is 129 cm³/mol. The molecule has 180 valence electrons. The maximum Gasteiger partial charge on any atom is 0.306 e. The Hall–Kier alpha value is -2.01. The molecular formula is C28H39NO4. The molecule has 0 aromatic heterocycles. The van der Waals surface area contributed by atoms with Crippen LogP contribution in [0.3, 0.4) is 0 Å². The molecule has 2 aliphatic heterocycles. The van der Waals surface area contributed by atoms with Crippen LogP contribution >= 0.6 is 0 Å². The van der Waals surface area contributed by atoms with Gasteiger partial charge in [0, 0.05) is 29.4 Å². The number of methoxy groups -OCH3 is 1. The number of carbonyl (C=O) groups is 1. The van der Waals surface area contributed by atoms with E-state index in [1.807, 2.05) is 6.07 Å². The summed E-state index contributed by atoms with van der Waals surface area (Å²) in [6.45, 7) is 3.27. The number of hydrogen-bond donors (Lipinski definition) is 0. The molecule has 1 spiro atoms. The van der Waals surface area contributed by atoms with Gasteiger partial charge >= 0.3 is 5.97 Å². The van der Waals surface area contributed by atoms with Gasteiger partial charge in [-0.1, -0.05) is 57.6 Å².